The number of halogens is 1. The van der Waals surface area contributed by atoms with Crippen LogP contribution in [-0.4, -0.2) is 27.5 Å². The number of aromatic nitrogens is 3. The van der Waals surface area contributed by atoms with Gasteiger partial charge >= 0.3 is 0 Å². The van der Waals surface area contributed by atoms with E-state index in [2.05, 4.69) is 25.9 Å². The SMILES string of the molecule is Cc1ccc(S(=O)(=O)n2cc(-c3cnc(O)c(N)c3)c3cc(Br)cnc32)cc1. The van der Waals surface area contributed by atoms with Gasteiger partial charge in [0.15, 0.2) is 5.65 Å². The zero-order chi connectivity index (χ0) is 20.1. The van der Waals surface area contributed by atoms with Crippen molar-refractivity contribution in [2.75, 3.05) is 5.73 Å². The van der Waals surface area contributed by atoms with Crippen LogP contribution in [-0.2, 0) is 10.0 Å². The number of hydrogen-bond acceptors (Lipinski definition) is 6. The molecule has 28 heavy (non-hydrogen) atoms. The Kier molecular flexibility index (Phi) is 4.35. The highest BCUT2D eigenvalue weighted by atomic mass is 79.9. The second-order valence-electron chi connectivity index (χ2n) is 6.32. The molecule has 0 unspecified atom stereocenters. The summed E-state index contributed by atoms with van der Waals surface area (Å²) in [5.41, 5.74) is 8.26. The van der Waals surface area contributed by atoms with Crippen LogP contribution in [0.3, 0.4) is 0 Å². The van der Waals surface area contributed by atoms with E-state index in [-0.39, 0.29) is 22.1 Å². The van der Waals surface area contributed by atoms with E-state index in [1.807, 2.05) is 6.92 Å². The zero-order valence-electron chi connectivity index (χ0n) is 14.7. The maximum Gasteiger partial charge on any atom is 0.269 e. The van der Waals surface area contributed by atoms with Crippen LogP contribution >= 0.6 is 15.9 Å². The Bertz CT molecular complexity index is 1320. The summed E-state index contributed by atoms with van der Waals surface area (Å²) in [5.74, 6) is -0.279. The summed E-state index contributed by atoms with van der Waals surface area (Å²) in [7, 11) is -3.86. The molecule has 4 aromatic rings. The third kappa shape index (κ3) is 3.02. The van der Waals surface area contributed by atoms with E-state index in [0.29, 0.717) is 21.0 Å². The molecule has 142 valence electrons. The van der Waals surface area contributed by atoms with E-state index in [0.717, 1.165) is 9.54 Å². The first-order valence-corrected chi connectivity index (χ1v) is 10.4. The third-order valence-corrected chi connectivity index (χ3v) is 6.46. The molecule has 0 aliphatic carbocycles. The number of nitrogen functional groups attached to an aromatic ring is 1. The molecule has 0 atom stereocenters. The van der Waals surface area contributed by atoms with Crippen LogP contribution in [0, 0.1) is 6.92 Å². The molecule has 4 rings (SSSR count). The summed E-state index contributed by atoms with van der Waals surface area (Å²) in [5, 5.41) is 10.2. The lowest BCUT2D eigenvalue weighted by molar-refractivity contribution is 0.456. The zero-order valence-corrected chi connectivity index (χ0v) is 17.1. The fourth-order valence-electron chi connectivity index (χ4n) is 2.91. The number of aryl methyl sites for hydroxylation is 1. The van der Waals surface area contributed by atoms with Gasteiger partial charge in [-0.1, -0.05) is 17.7 Å². The maximum atomic E-state index is 13.2. The van der Waals surface area contributed by atoms with Crippen LogP contribution in [0.15, 0.2) is 64.4 Å². The standard InChI is InChI=1S/C19H15BrN4O3S/c1-11-2-4-14(5-3-11)28(26,27)24-10-16(12-6-17(21)19(25)23-8-12)15-7-13(20)9-22-18(15)24/h2-10H,21H2,1H3,(H,23,25). The van der Waals surface area contributed by atoms with Crippen molar-refractivity contribution < 1.29 is 13.5 Å². The lowest BCUT2D eigenvalue weighted by atomic mass is 10.1. The molecule has 0 radical (unpaired) electrons. The highest BCUT2D eigenvalue weighted by Gasteiger charge is 2.23. The van der Waals surface area contributed by atoms with Crippen molar-refractivity contribution in [3.05, 3.63) is 65.0 Å². The molecule has 0 bridgehead atoms. The summed E-state index contributed by atoms with van der Waals surface area (Å²) in [6.07, 6.45) is 4.47. The molecule has 0 spiro atoms. The van der Waals surface area contributed by atoms with Gasteiger partial charge in [0, 0.05) is 39.6 Å². The summed E-state index contributed by atoms with van der Waals surface area (Å²) >= 11 is 3.38. The first-order chi connectivity index (χ1) is 13.3. The molecule has 3 heterocycles. The van der Waals surface area contributed by atoms with Crippen molar-refractivity contribution in [2.24, 2.45) is 0 Å². The van der Waals surface area contributed by atoms with Gasteiger partial charge < -0.3 is 10.8 Å². The van der Waals surface area contributed by atoms with Gasteiger partial charge in [0.1, 0.15) is 0 Å². The van der Waals surface area contributed by atoms with Crippen LogP contribution in [0.25, 0.3) is 22.2 Å². The smallest absolute Gasteiger partial charge is 0.269 e. The number of aromatic hydroxyl groups is 1. The molecule has 9 heteroatoms. The van der Waals surface area contributed by atoms with Gasteiger partial charge in [-0.15, -0.1) is 0 Å². The second kappa shape index (κ2) is 6.61. The molecule has 1 aromatic carbocycles. The molecule has 3 aromatic heterocycles. The van der Waals surface area contributed by atoms with Crippen molar-refractivity contribution in [3.8, 4) is 17.0 Å². The minimum atomic E-state index is -3.86. The normalized spacial score (nSPS) is 11.8. The molecular formula is C19H15BrN4O3S. The lowest BCUT2D eigenvalue weighted by Gasteiger charge is -2.07. The molecule has 0 saturated heterocycles. The second-order valence-corrected chi connectivity index (χ2v) is 9.05. The largest absolute Gasteiger partial charge is 0.492 e. The van der Waals surface area contributed by atoms with Crippen LogP contribution in [0.4, 0.5) is 5.69 Å². The first kappa shape index (κ1) is 18.5. The molecule has 0 fully saturated rings. The van der Waals surface area contributed by atoms with E-state index < -0.39 is 10.0 Å². The fraction of sp³-hybridized carbons (Fsp3) is 0.0526. The topological polar surface area (TPSA) is 111 Å². The van der Waals surface area contributed by atoms with E-state index >= 15 is 0 Å². The molecule has 7 nitrogen and oxygen atoms in total. The quantitative estimate of drug-likeness (QED) is 0.484. The van der Waals surface area contributed by atoms with Crippen molar-refractivity contribution in [1.29, 1.82) is 0 Å². The number of rotatable bonds is 3. The Labute approximate surface area is 169 Å². The van der Waals surface area contributed by atoms with Crippen molar-refractivity contribution in [2.45, 2.75) is 11.8 Å². The maximum absolute atomic E-state index is 13.2. The number of pyridine rings is 2. The molecular weight excluding hydrogens is 444 g/mol. The van der Waals surface area contributed by atoms with E-state index in [9.17, 15) is 13.5 Å². The molecule has 0 aliphatic heterocycles. The number of benzene rings is 1. The van der Waals surface area contributed by atoms with E-state index in [1.54, 1.807) is 36.4 Å². The van der Waals surface area contributed by atoms with Gasteiger partial charge in [-0.3, -0.25) is 0 Å². The van der Waals surface area contributed by atoms with E-state index in [4.69, 9.17) is 5.73 Å². The highest BCUT2D eigenvalue weighted by molar-refractivity contribution is 9.10. The Morgan fingerprint density at radius 1 is 1.11 bits per heavy atom. The lowest BCUT2D eigenvalue weighted by Crippen LogP contribution is -2.12. The van der Waals surface area contributed by atoms with E-state index in [1.165, 1.54) is 18.6 Å². The minimum absolute atomic E-state index is 0.0998. The van der Waals surface area contributed by atoms with Gasteiger partial charge in [0.25, 0.3) is 10.0 Å². The fourth-order valence-corrected chi connectivity index (χ4v) is 4.57. The highest BCUT2D eigenvalue weighted by Crippen LogP contribution is 2.35. The molecule has 0 aliphatic rings. The van der Waals surface area contributed by atoms with Gasteiger partial charge in [-0.25, -0.2) is 22.4 Å². The number of nitrogens with two attached hydrogens (primary N) is 1. The Morgan fingerprint density at radius 3 is 2.50 bits per heavy atom. The van der Waals surface area contributed by atoms with Crippen molar-refractivity contribution in [1.82, 2.24) is 13.9 Å². The van der Waals surface area contributed by atoms with Gasteiger partial charge in [-0.05, 0) is 47.1 Å². The number of hydrogen-bond donors (Lipinski definition) is 2. The van der Waals surface area contributed by atoms with Crippen molar-refractivity contribution in [3.63, 3.8) is 0 Å². The number of fused-ring (bicyclic) bond motifs is 1. The first-order valence-electron chi connectivity index (χ1n) is 8.21. The average molecular weight is 459 g/mol. The summed E-state index contributed by atoms with van der Waals surface area (Å²) in [4.78, 5) is 8.34. The van der Waals surface area contributed by atoms with Gasteiger partial charge in [0.05, 0.1) is 10.6 Å². The van der Waals surface area contributed by atoms with Gasteiger partial charge in [0.2, 0.25) is 5.88 Å². The molecule has 3 N–H and O–H groups in total. The Balaban J connectivity index is 2.00. The molecule has 0 amide bonds. The third-order valence-electron chi connectivity index (χ3n) is 4.36. The minimum Gasteiger partial charge on any atom is -0.492 e. The van der Waals surface area contributed by atoms with Crippen LogP contribution in [0.1, 0.15) is 5.56 Å². The van der Waals surface area contributed by atoms with Gasteiger partial charge in [-0.2, -0.15) is 0 Å². The summed E-state index contributed by atoms with van der Waals surface area (Å²) in [6.45, 7) is 1.89. The van der Waals surface area contributed by atoms with Crippen LogP contribution in [0.2, 0.25) is 0 Å². The number of nitrogens with zero attached hydrogens (tertiary/aromatic N) is 3. The summed E-state index contributed by atoms with van der Waals surface area (Å²) < 4.78 is 28.3. The average Bonchev–Trinajstić information content (AvgIpc) is 3.04. The van der Waals surface area contributed by atoms with Crippen LogP contribution < -0.4 is 5.73 Å². The Morgan fingerprint density at radius 2 is 1.82 bits per heavy atom. The molecule has 0 saturated carbocycles. The van der Waals surface area contributed by atoms with Crippen LogP contribution in [0.5, 0.6) is 5.88 Å². The predicted octanol–water partition coefficient (Wildman–Crippen LogP) is 3.69. The number of anilines is 1. The monoisotopic (exact) mass is 458 g/mol. The Hall–Kier alpha value is -2.91. The van der Waals surface area contributed by atoms with Crippen molar-refractivity contribution >= 4 is 42.7 Å². The summed E-state index contributed by atoms with van der Waals surface area (Å²) in [6, 6.07) is 9.94. The predicted molar refractivity (Wildman–Crippen MR) is 111 cm³/mol.